The van der Waals surface area contributed by atoms with Crippen LogP contribution < -0.4 is 11.3 Å². The lowest BCUT2D eigenvalue weighted by molar-refractivity contribution is -0.143. The molecule has 2 N–H and O–H groups in total. The van der Waals surface area contributed by atoms with Crippen LogP contribution in [0.15, 0.2) is 39.9 Å². The Morgan fingerprint density at radius 1 is 1.33 bits per heavy atom. The summed E-state index contributed by atoms with van der Waals surface area (Å²) in [6, 6.07) is 7.16. The molecule has 0 aliphatic rings. The molecular weight excluding hydrogens is 434 g/mol. The number of esters is 1. The Hall–Kier alpha value is -1.70. The summed E-state index contributed by atoms with van der Waals surface area (Å²) in [5.41, 5.74) is 7.43. The highest BCUT2D eigenvalue weighted by Crippen LogP contribution is 2.20. The molecule has 27 heavy (non-hydrogen) atoms. The van der Waals surface area contributed by atoms with Gasteiger partial charge in [-0.1, -0.05) is 37.6 Å². The lowest BCUT2D eigenvalue weighted by Crippen LogP contribution is -2.27. The van der Waals surface area contributed by atoms with Crippen molar-refractivity contribution < 1.29 is 9.53 Å². The van der Waals surface area contributed by atoms with Gasteiger partial charge in [-0.25, -0.2) is 4.98 Å². The maximum Gasteiger partial charge on any atom is 0.326 e. The number of halogens is 2. The van der Waals surface area contributed by atoms with Gasteiger partial charge in [-0.05, 0) is 53.4 Å². The fourth-order valence-electron chi connectivity index (χ4n) is 2.30. The van der Waals surface area contributed by atoms with Crippen molar-refractivity contribution in [2.45, 2.75) is 46.2 Å². The Bertz CT molecular complexity index is 794. The summed E-state index contributed by atoms with van der Waals surface area (Å²) in [6.07, 6.45) is 2.50. The third-order valence-corrected chi connectivity index (χ3v) is 4.70. The molecule has 0 aliphatic carbocycles. The second kappa shape index (κ2) is 11.9. The van der Waals surface area contributed by atoms with Crippen LogP contribution in [0, 0.1) is 0 Å². The summed E-state index contributed by atoms with van der Waals surface area (Å²) in [5, 5.41) is 0.658. The molecule has 2 aromatic rings. The first-order chi connectivity index (χ1) is 12.9. The SMILES string of the molecule is CC.CCOC(=O)Cn1cnc(CCC(N)c2ccc(Cl)cc2)c(Br)c1=O. The standard InChI is InChI=1S/C17H19BrClN3O3.C2H6/c1-2-25-15(23)9-22-10-21-14(16(18)17(22)24)8-7-13(20)11-3-5-12(19)6-4-11;1-2/h3-6,10,13H,2,7-9,20H2,1H3;1-2H3. The maximum atomic E-state index is 12.3. The Morgan fingerprint density at radius 3 is 2.56 bits per heavy atom. The molecule has 148 valence electrons. The van der Waals surface area contributed by atoms with E-state index in [1.165, 1.54) is 10.9 Å². The number of benzene rings is 1. The van der Waals surface area contributed by atoms with Crippen molar-refractivity contribution >= 4 is 33.5 Å². The van der Waals surface area contributed by atoms with E-state index in [9.17, 15) is 9.59 Å². The van der Waals surface area contributed by atoms with Gasteiger partial charge in [0.15, 0.2) is 0 Å². The number of carbonyl (C=O) groups is 1. The quantitative estimate of drug-likeness (QED) is 0.636. The first-order valence-electron chi connectivity index (χ1n) is 8.82. The molecule has 1 unspecified atom stereocenters. The van der Waals surface area contributed by atoms with E-state index >= 15 is 0 Å². The van der Waals surface area contributed by atoms with Crippen molar-refractivity contribution in [3.63, 3.8) is 0 Å². The van der Waals surface area contributed by atoms with Crippen LogP contribution in [0.1, 0.15) is 44.5 Å². The van der Waals surface area contributed by atoms with E-state index in [2.05, 4.69) is 20.9 Å². The van der Waals surface area contributed by atoms with E-state index in [-0.39, 0.29) is 24.8 Å². The molecule has 1 aromatic heterocycles. The number of aryl methyl sites for hydroxylation is 1. The first-order valence-corrected chi connectivity index (χ1v) is 10.00. The van der Waals surface area contributed by atoms with Gasteiger partial charge in [0.05, 0.1) is 18.6 Å². The molecule has 0 bridgehead atoms. The van der Waals surface area contributed by atoms with Gasteiger partial charge in [-0.15, -0.1) is 0 Å². The van der Waals surface area contributed by atoms with Crippen molar-refractivity contribution in [3.8, 4) is 0 Å². The van der Waals surface area contributed by atoms with E-state index in [1.54, 1.807) is 19.1 Å². The molecule has 6 nitrogen and oxygen atoms in total. The van der Waals surface area contributed by atoms with Crippen LogP contribution in [-0.4, -0.2) is 22.1 Å². The number of hydrogen-bond acceptors (Lipinski definition) is 5. The van der Waals surface area contributed by atoms with E-state index < -0.39 is 5.97 Å². The Balaban J connectivity index is 0.00000176. The number of carbonyl (C=O) groups excluding carboxylic acids is 1. The zero-order valence-corrected chi connectivity index (χ0v) is 18.1. The number of ether oxygens (including phenoxy) is 1. The van der Waals surface area contributed by atoms with Gasteiger partial charge in [0, 0.05) is 11.1 Å². The van der Waals surface area contributed by atoms with Crippen molar-refractivity contribution in [2.24, 2.45) is 5.73 Å². The second-order valence-corrected chi connectivity index (χ2v) is 6.67. The van der Waals surface area contributed by atoms with E-state index in [4.69, 9.17) is 22.1 Å². The molecule has 8 heteroatoms. The Kier molecular flexibility index (Phi) is 10.3. The number of nitrogens with two attached hydrogens (primary N) is 1. The Labute approximate surface area is 172 Å². The van der Waals surface area contributed by atoms with Crippen LogP contribution in [-0.2, 0) is 22.5 Å². The number of nitrogens with zero attached hydrogens (tertiary/aromatic N) is 2. The zero-order chi connectivity index (χ0) is 20.4. The predicted molar refractivity (Wildman–Crippen MR) is 111 cm³/mol. The number of aromatic nitrogens is 2. The van der Waals surface area contributed by atoms with Crippen LogP contribution >= 0.6 is 27.5 Å². The smallest absolute Gasteiger partial charge is 0.326 e. The molecular formula is C19H25BrClN3O3. The fourth-order valence-corrected chi connectivity index (χ4v) is 2.95. The largest absolute Gasteiger partial charge is 0.465 e. The van der Waals surface area contributed by atoms with Gasteiger partial charge < -0.3 is 10.5 Å². The fraction of sp³-hybridized carbons (Fsp3) is 0.421. The average Bonchev–Trinajstić information content (AvgIpc) is 2.67. The second-order valence-electron chi connectivity index (χ2n) is 5.44. The lowest BCUT2D eigenvalue weighted by Gasteiger charge is -2.13. The van der Waals surface area contributed by atoms with Gasteiger partial charge in [0.1, 0.15) is 11.0 Å². The predicted octanol–water partition coefficient (Wildman–Crippen LogP) is 3.88. The minimum atomic E-state index is -0.476. The monoisotopic (exact) mass is 457 g/mol. The summed E-state index contributed by atoms with van der Waals surface area (Å²) in [7, 11) is 0. The molecule has 1 atom stereocenters. The minimum absolute atomic E-state index is 0.164. The molecule has 0 radical (unpaired) electrons. The van der Waals surface area contributed by atoms with Crippen molar-refractivity contribution in [1.29, 1.82) is 0 Å². The molecule has 0 spiro atoms. The van der Waals surface area contributed by atoms with Crippen LogP contribution in [0.25, 0.3) is 0 Å². The molecule has 1 heterocycles. The third kappa shape index (κ3) is 7.08. The highest BCUT2D eigenvalue weighted by atomic mass is 79.9. The van der Waals surface area contributed by atoms with E-state index in [0.717, 1.165) is 5.56 Å². The van der Waals surface area contributed by atoms with Crippen molar-refractivity contribution in [2.75, 3.05) is 6.61 Å². The van der Waals surface area contributed by atoms with Crippen LogP contribution in [0.4, 0.5) is 0 Å². The minimum Gasteiger partial charge on any atom is -0.465 e. The molecule has 1 aromatic carbocycles. The van der Waals surface area contributed by atoms with Gasteiger partial charge in [0.2, 0.25) is 0 Å². The zero-order valence-electron chi connectivity index (χ0n) is 15.7. The summed E-state index contributed by atoms with van der Waals surface area (Å²) >= 11 is 9.14. The van der Waals surface area contributed by atoms with Gasteiger partial charge in [-0.3, -0.25) is 14.2 Å². The van der Waals surface area contributed by atoms with Crippen molar-refractivity contribution in [1.82, 2.24) is 9.55 Å². The van der Waals surface area contributed by atoms with Gasteiger partial charge in [0.25, 0.3) is 5.56 Å². The molecule has 0 saturated heterocycles. The normalized spacial score (nSPS) is 11.3. The summed E-state index contributed by atoms with van der Waals surface area (Å²) in [4.78, 5) is 28.1. The van der Waals surface area contributed by atoms with Crippen LogP contribution in [0.3, 0.4) is 0 Å². The number of hydrogen-bond donors (Lipinski definition) is 1. The highest BCUT2D eigenvalue weighted by molar-refractivity contribution is 9.10. The van der Waals surface area contributed by atoms with E-state index in [1.807, 2.05) is 26.0 Å². The lowest BCUT2D eigenvalue weighted by atomic mass is 10.0. The summed E-state index contributed by atoms with van der Waals surface area (Å²) in [6.45, 7) is 5.81. The molecule has 0 amide bonds. The summed E-state index contributed by atoms with van der Waals surface area (Å²) in [5.74, 6) is -0.476. The van der Waals surface area contributed by atoms with E-state index in [0.29, 0.717) is 28.0 Å². The average molecular weight is 459 g/mol. The first kappa shape index (κ1) is 23.3. The summed E-state index contributed by atoms with van der Waals surface area (Å²) < 4.78 is 6.39. The number of rotatable bonds is 7. The van der Waals surface area contributed by atoms with Crippen molar-refractivity contribution in [3.05, 3.63) is 61.7 Å². The third-order valence-electron chi connectivity index (χ3n) is 3.65. The van der Waals surface area contributed by atoms with Crippen LogP contribution in [0.2, 0.25) is 5.02 Å². The highest BCUT2D eigenvalue weighted by Gasteiger charge is 2.14. The van der Waals surface area contributed by atoms with Crippen LogP contribution in [0.5, 0.6) is 0 Å². The Morgan fingerprint density at radius 2 is 1.96 bits per heavy atom. The van der Waals surface area contributed by atoms with Gasteiger partial charge in [-0.2, -0.15) is 0 Å². The maximum absolute atomic E-state index is 12.3. The molecule has 0 saturated carbocycles. The molecule has 2 rings (SSSR count). The van der Waals surface area contributed by atoms with Gasteiger partial charge >= 0.3 is 5.97 Å². The molecule has 0 aliphatic heterocycles. The molecule has 0 fully saturated rings. The topological polar surface area (TPSA) is 87.2 Å².